The Labute approximate surface area is 181 Å². The fourth-order valence-electron chi connectivity index (χ4n) is 4.90. The van der Waals surface area contributed by atoms with Gasteiger partial charge in [0.2, 0.25) is 5.13 Å². The van der Waals surface area contributed by atoms with E-state index in [4.69, 9.17) is 4.98 Å². The van der Waals surface area contributed by atoms with E-state index in [1.165, 1.54) is 58.0 Å². The molecule has 0 aliphatic heterocycles. The molecule has 156 valence electrons. The van der Waals surface area contributed by atoms with Crippen molar-refractivity contribution in [3.63, 3.8) is 0 Å². The molecule has 3 aromatic rings. The van der Waals surface area contributed by atoms with Crippen LogP contribution in [0.4, 0.5) is 5.13 Å². The van der Waals surface area contributed by atoms with Crippen LogP contribution in [0.2, 0.25) is 0 Å². The van der Waals surface area contributed by atoms with Gasteiger partial charge in [-0.1, -0.05) is 24.6 Å². The van der Waals surface area contributed by atoms with E-state index in [2.05, 4.69) is 55.7 Å². The summed E-state index contributed by atoms with van der Waals surface area (Å²) in [6, 6.07) is 8.89. The van der Waals surface area contributed by atoms with Gasteiger partial charge >= 0.3 is 0 Å². The predicted molar refractivity (Wildman–Crippen MR) is 123 cm³/mol. The number of nitrogens with zero attached hydrogens (tertiary/aromatic N) is 2. The normalized spacial score (nSPS) is 21.0. The first-order valence-electron chi connectivity index (χ1n) is 10.1. The first-order valence-corrected chi connectivity index (χ1v) is 11.0. The lowest BCUT2D eigenvalue weighted by molar-refractivity contribution is 0.220. The van der Waals surface area contributed by atoms with Gasteiger partial charge in [-0.05, 0) is 73.9 Å². The molecule has 1 aliphatic carbocycles. The van der Waals surface area contributed by atoms with Gasteiger partial charge in [0.1, 0.15) is 11.5 Å². The Morgan fingerprint density at radius 1 is 1.13 bits per heavy atom. The van der Waals surface area contributed by atoms with Crippen molar-refractivity contribution in [3.05, 3.63) is 69.2 Å². The van der Waals surface area contributed by atoms with Gasteiger partial charge in [0, 0.05) is 16.9 Å². The average Bonchev–Trinajstić information content (AvgIpc) is 3.10. The molecule has 2 aromatic carbocycles. The van der Waals surface area contributed by atoms with Crippen molar-refractivity contribution in [2.45, 2.75) is 51.9 Å². The maximum absolute atomic E-state index is 9.80. The molecule has 0 radical (unpaired) electrons. The van der Waals surface area contributed by atoms with E-state index in [0.29, 0.717) is 11.5 Å². The van der Waals surface area contributed by atoms with Crippen molar-refractivity contribution in [2.24, 2.45) is 5.10 Å². The highest BCUT2D eigenvalue weighted by molar-refractivity contribution is 7.13. The van der Waals surface area contributed by atoms with Crippen molar-refractivity contribution in [3.8, 4) is 11.5 Å². The molecule has 1 heterocycles. The zero-order valence-electron chi connectivity index (χ0n) is 17.7. The van der Waals surface area contributed by atoms with E-state index in [1.54, 1.807) is 0 Å². The average molecular weight is 422 g/mol. The van der Waals surface area contributed by atoms with Crippen LogP contribution < -0.4 is 5.43 Å². The number of phenolic OH excluding ortho intramolecular Hbond substituents is 2. The molecule has 0 bridgehead atoms. The lowest BCUT2D eigenvalue weighted by atomic mass is 9.57. The molecule has 6 heteroatoms. The molecular weight excluding hydrogens is 394 g/mol. The molecule has 0 unspecified atom stereocenters. The number of aromatic nitrogens is 1. The van der Waals surface area contributed by atoms with E-state index < -0.39 is 0 Å². The van der Waals surface area contributed by atoms with Crippen LogP contribution in [0.3, 0.4) is 0 Å². The Kier molecular flexibility index (Phi) is 5.28. The monoisotopic (exact) mass is 421 g/mol. The predicted octanol–water partition coefficient (Wildman–Crippen LogP) is 5.76. The van der Waals surface area contributed by atoms with Crippen molar-refractivity contribution < 1.29 is 10.2 Å². The Morgan fingerprint density at radius 3 is 2.53 bits per heavy atom. The summed E-state index contributed by atoms with van der Waals surface area (Å²) in [5.74, 6) is 0.604. The van der Waals surface area contributed by atoms with Crippen molar-refractivity contribution >= 4 is 22.7 Å². The quantitative estimate of drug-likeness (QED) is 0.278. The number of hydrazone groups is 1. The summed E-state index contributed by atoms with van der Waals surface area (Å²) in [6.45, 7) is 8.97. The lowest BCUT2D eigenvalue weighted by Crippen LogP contribution is -2.38. The summed E-state index contributed by atoms with van der Waals surface area (Å²) in [5.41, 5.74) is 10.3. The molecule has 1 aliphatic rings. The van der Waals surface area contributed by atoms with E-state index in [9.17, 15) is 10.2 Å². The van der Waals surface area contributed by atoms with Crippen LogP contribution in [-0.2, 0) is 5.41 Å². The highest BCUT2D eigenvalue weighted by Crippen LogP contribution is 2.54. The molecule has 1 fully saturated rings. The molecule has 0 saturated heterocycles. The summed E-state index contributed by atoms with van der Waals surface area (Å²) in [4.78, 5) is 4.70. The SMILES string of the molecule is Cc1cc(C)c(C2(C)CC(c3csc(N/N=C/c4cc(O)ccc4O)n3)C2)c(C)c1. The van der Waals surface area contributed by atoms with E-state index in [-0.39, 0.29) is 16.9 Å². The minimum atomic E-state index is 0.0635. The van der Waals surface area contributed by atoms with E-state index in [0.717, 1.165) is 23.7 Å². The standard InChI is InChI=1S/C24H27N3O2S/c1-14-7-15(2)22(16(3)8-14)24(4)10-18(11-24)20-13-30-23(26-20)27-25-12-17-9-19(28)5-6-21(17)29/h5-9,12-13,18,28-29H,10-11H2,1-4H3,(H,26,27)/b25-12+. The highest BCUT2D eigenvalue weighted by atomic mass is 32.1. The second-order valence-electron chi connectivity index (χ2n) is 8.63. The van der Waals surface area contributed by atoms with Crippen LogP contribution in [0.15, 0.2) is 40.8 Å². The molecule has 3 N–H and O–H groups in total. The zero-order chi connectivity index (χ0) is 21.5. The number of anilines is 1. The van der Waals surface area contributed by atoms with Gasteiger partial charge in [-0.3, -0.25) is 5.43 Å². The number of aromatic hydroxyl groups is 2. The Bertz CT molecular complexity index is 1090. The first-order chi connectivity index (χ1) is 14.2. The Morgan fingerprint density at radius 2 is 1.83 bits per heavy atom. The van der Waals surface area contributed by atoms with Gasteiger partial charge in [-0.25, -0.2) is 4.98 Å². The summed E-state index contributed by atoms with van der Waals surface area (Å²) in [6.07, 6.45) is 3.67. The fraction of sp³-hybridized carbons (Fsp3) is 0.333. The number of nitrogens with one attached hydrogen (secondary N) is 1. The number of thiazole rings is 1. The second kappa shape index (κ2) is 7.76. The lowest BCUT2D eigenvalue weighted by Gasteiger charge is -2.47. The maximum Gasteiger partial charge on any atom is 0.203 e. The molecule has 0 amide bonds. The molecular formula is C24H27N3O2S. The van der Waals surface area contributed by atoms with Crippen molar-refractivity contribution in [2.75, 3.05) is 5.43 Å². The van der Waals surface area contributed by atoms with Crippen LogP contribution in [0.1, 0.15) is 59.2 Å². The van der Waals surface area contributed by atoms with Gasteiger partial charge in [-0.2, -0.15) is 5.10 Å². The van der Waals surface area contributed by atoms with Crippen LogP contribution in [0, 0.1) is 20.8 Å². The van der Waals surface area contributed by atoms with Gasteiger partial charge in [0.05, 0.1) is 11.9 Å². The molecule has 1 saturated carbocycles. The number of phenols is 2. The minimum absolute atomic E-state index is 0.0635. The molecule has 4 rings (SSSR count). The third kappa shape index (κ3) is 3.92. The molecule has 5 nitrogen and oxygen atoms in total. The van der Waals surface area contributed by atoms with Gasteiger partial charge in [0.15, 0.2) is 0 Å². The van der Waals surface area contributed by atoms with Crippen LogP contribution in [0.5, 0.6) is 11.5 Å². The summed E-state index contributed by atoms with van der Waals surface area (Å²) in [7, 11) is 0. The zero-order valence-corrected chi connectivity index (χ0v) is 18.5. The summed E-state index contributed by atoms with van der Waals surface area (Å²) in [5, 5.41) is 26.3. The van der Waals surface area contributed by atoms with Gasteiger partial charge < -0.3 is 10.2 Å². The summed E-state index contributed by atoms with van der Waals surface area (Å²) >= 11 is 1.53. The molecule has 1 aromatic heterocycles. The van der Waals surface area contributed by atoms with Gasteiger partial charge in [0.25, 0.3) is 0 Å². The number of hydrogen-bond acceptors (Lipinski definition) is 6. The Hall–Kier alpha value is -2.86. The maximum atomic E-state index is 9.80. The Balaban J connectivity index is 1.41. The third-order valence-electron chi connectivity index (χ3n) is 5.99. The number of hydrogen-bond donors (Lipinski definition) is 3. The topological polar surface area (TPSA) is 77.7 Å². The third-order valence-corrected chi connectivity index (χ3v) is 6.75. The number of benzene rings is 2. The van der Waals surface area contributed by atoms with Crippen molar-refractivity contribution in [1.29, 1.82) is 0 Å². The number of aryl methyl sites for hydroxylation is 3. The van der Waals surface area contributed by atoms with Crippen LogP contribution >= 0.6 is 11.3 Å². The van der Waals surface area contributed by atoms with E-state index in [1.807, 2.05) is 0 Å². The highest BCUT2D eigenvalue weighted by Gasteiger charge is 2.44. The number of rotatable bonds is 5. The first kappa shape index (κ1) is 20.4. The fourth-order valence-corrected chi connectivity index (χ4v) is 5.64. The van der Waals surface area contributed by atoms with Crippen molar-refractivity contribution in [1.82, 2.24) is 4.98 Å². The van der Waals surface area contributed by atoms with Crippen LogP contribution in [0.25, 0.3) is 0 Å². The molecule has 30 heavy (non-hydrogen) atoms. The minimum Gasteiger partial charge on any atom is -0.508 e. The smallest absolute Gasteiger partial charge is 0.203 e. The molecule has 0 spiro atoms. The van der Waals surface area contributed by atoms with E-state index >= 15 is 0 Å². The summed E-state index contributed by atoms with van der Waals surface area (Å²) < 4.78 is 0. The van der Waals surface area contributed by atoms with Gasteiger partial charge in [-0.15, -0.1) is 11.3 Å². The second-order valence-corrected chi connectivity index (χ2v) is 9.49. The largest absolute Gasteiger partial charge is 0.508 e. The van der Waals surface area contributed by atoms with Crippen LogP contribution in [-0.4, -0.2) is 21.4 Å². The molecule has 0 atom stereocenters.